The minimum atomic E-state index is 0.649. The molecule has 3 aromatic rings. The second kappa shape index (κ2) is 5.52. The van der Waals surface area contributed by atoms with E-state index in [1.54, 1.807) is 24.9 Å². The van der Waals surface area contributed by atoms with Crippen LogP contribution in [0.2, 0.25) is 0 Å². The fraction of sp³-hybridized carbons (Fsp3) is 0.133. The van der Waals surface area contributed by atoms with Crippen LogP contribution >= 0.6 is 0 Å². The Kier molecular flexibility index (Phi) is 3.41. The zero-order valence-electron chi connectivity index (χ0n) is 11.1. The number of aromatic nitrogens is 3. The number of benzene rings is 1. The van der Waals surface area contributed by atoms with Gasteiger partial charge in [-0.2, -0.15) is 0 Å². The molecule has 1 N–H and O–H groups in total. The van der Waals surface area contributed by atoms with Crippen molar-refractivity contribution in [1.29, 1.82) is 0 Å². The van der Waals surface area contributed by atoms with Crippen molar-refractivity contribution >= 4 is 5.69 Å². The first kappa shape index (κ1) is 12.3. The lowest BCUT2D eigenvalue weighted by Gasteiger charge is -2.06. The van der Waals surface area contributed by atoms with E-state index in [0.717, 1.165) is 22.6 Å². The van der Waals surface area contributed by atoms with Crippen LogP contribution in [0, 0.1) is 6.92 Å². The van der Waals surface area contributed by atoms with Crippen LogP contribution in [0.25, 0.3) is 11.3 Å². The summed E-state index contributed by atoms with van der Waals surface area (Å²) in [5.74, 6) is 0.671. The summed E-state index contributed by atoms with van der Waals surface area (Å²) in [6.45, 7) is 2.48. The van der Waals surface area contributed by atoms with Crippen molar-refractivity contribution in [3.63, 3.8) is 0 Å². The Morgan fingerprint density at radius 1 is 1.15 bits per heavy atom. The van der Waals surface area contributed by atoms with Gasteiger partial charge in [0, 0.05) is 30.6 Å². The molecule has 0 bridgehead atoms. The number of nitrogens with zero attached hydrogens (tertiary/aromatic N) is 3. The van der Waals surface area contributed by atoms with Crippen LogP contribution in [0.15, 0.2) is 53.5 Å². The minimum absolute atomic E-state index is 0.649. The molecule has 0 unspecified atom stereocenters. The molecule has 2 heterocycles. The summed E-state index contributed by atoms with van der Waals surface area (Å²) in [4.78, 5) is 12.5. The summed E-state index contributed by atoms with van der Waals surface area (Å²) in [5.41, 5.74) is 3.82. The molecule has 20 heavy (non-hydrogen) atoms. The second-order valence-electron chi connectivity index (χ2n) is 4.38. The van der Waals surface area contributed by atoms with E-state index in [-0.39, 0.29) is 0 Å². The van der Waals surface area contributed by atoms with Crippen molar-refractivity contribution in [1.82, 2.24) is 15.0 Å². The topological polar surface area (TPSA) is 63.8 Å². The minimum Gasteiger partial charge on any atom is -0.449 e. The molecule has 5 nitrogen and oxygen atoms in total. The van der Waals surface area contributed by atoms with Crippen LogP contribution in [-0.2, 0) is 6.54 Å². The molecule has 0 atom stereocenters. The van der Waals surface area contributed by atoms with Crippen LogP contribution in [0.3, 0.4) is 0 Å². The number of rotatable bonds is 4. The summed E-state index contributed by atoms with van der Waals surface area (Å²) in [5, 5.41) is 3.30. The number of nitrogens with one attached hydrogen (secondary N) is 1. The van der Waals surface area contributed by atoms with Crippen LogP contribution in [0.1, 0.15) is 11.6 Å². The maximum atomic E-state index is 5.21. The second-order valence-corrected chi connectivity index (χ2v) is 4.38. The summed E-state index contributed by atoms with van der Waals surface area (Å²) in [7, 11) is 0. The van der Waals surface area contributed by atoms with E-state index in [1.807, 2.05) is 31.2 Å². The Morgan fingerprint density at radius 3 is 2.65 bits per heavy atom. The Balaban J connectivity index is 1.67. The molecule has 0 saturated heterocycles. The zero-order chi connectivity index (χ0) is 13.8. The predicted octanol–water partition coefficient (Wildman–Crippen LogP) is 3.05. The summed E-state index contributed by atoms with van der Waals surface area (Å²) in [6.07, 6.45) is 6.77. The molecule has 0 aliphatic heterocycles. The first-order chi connectivity index (χ1) is 9.81. The highest BCUT2D eigenvalue weighted by molar-refractivity contribution is 5.61. The third kappa shape index (κ3) is 2.83. The third-order valence-electron chi connectivity index (χ3n) is 2.89. The first-order valence-electron chi connectivity index (χ1n) is 6.32. The molecule has 0 aliphatic rings. The molecular formula is C15H14N4O. The number of hydrogen-bond acceptors (Lipinski definition) is 5. The van der Waals surface area contributed by atoms with Gasteiger partial charge in [-0.1, -0.05) is 12.1 Å². The highest BCUT2D eigenvalue weighted by Gasteiger charge is 2.03. The van der Waals surface area contributed by atoms with E-state index in [9.17, 15) is 0 Å². The van der Waals surface area contributed by atoms with Gasteiger partial charge < -0.3 is 9.73 Å². The van der Waals surface area contributed by atoms with Gasteiger partial charge in [-0.3, -0.25) is 9.97 Å². The van der Waals surface area contributed by atoms with E-state index >= 15 is 0 Å². The van der Waals surface area contributed by atoms with Gasteiger partial charge in [-0.05, 0) is 12.1 Å². The molecule has 100 valence electrons. The Labute approximate surface area is 116 Å². The van der Waals surface area contributed by atoms with Gasteiger partial charge >= 0.3 is 0 Å². The number of hydrogen-bond donors (Lipinski definition) is 1. The number of oxazole rings is 1. The Bertz CT molecular complexity index is 677. The molecular weight excluding hydrogens is 252 g/mol. The van der Waals surface area contributed by atoms with Gasteiger partial charge in [0.15, 0.2) is 5.89 Å². The standard InChI is InChI=1S/C15H14N4O/c1-11-19-15(10-20-11)12-2-4-13(5-3-12)18-9-14-8-16-6-7-17-14/h2-8,10,18H,9H2,1H3. The van der Waals surface area contributed by atoms with E-state index < -0.39 is 0 Å². The molecule has 0 radical (unpaired) electrons. The van der Waals surface area contributed by atoms with Crippen molar-refractivity contribution in [2.45, 2.75) is 13.5 Å². The fourth-order valence-corrected chi connectivity index (χ4v) is 1.87. The third-order valence-corrected chi connectivity index (χ3v) is 2.89. The van der Waals surface area contributed by atoms with E-state index in [4.69, 9.17) is 4.42 Å². The van der Waals surface area contributed by atoms with Crippen molar-refractivity contribution < 1.29 is 4.42 Å². The maximum absolute atomic E-state index is 5.21. The van der Waals surface area contributed by atoms with Crippen LogP contribution in [0.5, 0.6) is 0 Å². The lowest BCUT2D eigenvalue weighted by molar-refractivity contribution is 0.521. The molecule has 5 heteroatoms. The highest BCUT2D eigenvalue weighted by atomic mass is 16.3. The molecule has 3 rings (SSSR count). The van der Waals surface area contributed by atoms with Gasteiger partial charge in [0.2, 0.25) is 0 Å². The zero-order valence-corrected chi connectivity index (χ0v) is 11.1. The quantitative estimate of drug-likeness (QED) is 0.786. The molecule has 0 amide bonds. The Hall–Kier alpha value is -2.69. The van der Waals surface area contributed by atoms with Crippen LogP contribution in [-0.4, -0.2) is 15.0 Å². The van der Waals surface area contributed by atoms with E-state index in [0.29, 0.717) is 12.4 Å². The largest absolute Gasteiger partial charge is 0.449 e. The highest BCUT2D eigenvalue weighted by Crippen LogP contribution is 2.20. The number of anilines is 1. The smallest absolute Gasteiger partial charge is 0.191 e. The van der Waals surface area contributed by atoms with Crippen molar-refractivity contribution in [3.8, 4) is 11.3 Å². The molecule has 2 aromatic heterocycles. The van der Waals surface area contributed by atoms with Gasteiger partial charge in [0.1, 0.15) is 12.0 Å². The van der Waals surface area contributed by atoms with Gasteiger partial charge in [-0.25, -0.2) is 4.98 Å². The number of aryl methyl sites for hydroxylation is 1. The molecule has 0 fully saturated rings. The molecule has 0 saturated carbocycles. The first-order valence-corrected chi connectivity index (χ1v) is 6.32. The lowest BCUT2D eigenvalue weighted by Crippen LogP contribution is -2.01. The predicted molar refractivity (Wildman–Crippen MR) is 76.0 cm³/mol. The Morgan fingerprint density at radius 2 is 2.00 bits per heavy atom. The normalized spacial score (nSPS) is 10.4. The lowest BCUT2D eigenvalue weighted by atomic mass is 10.1. The average Bonchev–Trinajstić information content (AvgIpc) is 2.93. The fourth-order valence-electron chi connectivity index (χ4n) is 1.87. The van der Waals surface area contributed by atoms with Crippen LogP contribution in [0.4, 0.5) is 5.69 Å². The van der Waals surface area contributed by atoms with E-state index in [1.165, 1.54) is 0 Å². The van der Waals surface area contributed by atoms with Crippen molar-refractivity contribution in [3.05, 3.63) is 60.7 Å². The van der Waals surface area contributed by atoms with Gasteiger partial charge in [0.25, 0.3) is 0 Å². The molecule has 0 spiro atoms. The summed E-state index contributed by atoms with van der Waals surface area (Å²) in [6, 6.07) is 8.04. The maximum Gasteiger partial charge on any atom is 0.191 e. The van der Waals surface area contributed by atoms with Gasteiger partial charge in [0.05, 0.1) is 18.4 Å². The average molecular weight is 266 g/mol. The van der Waals surface area contributed by atoms with Crippen molar-refractivity contribution in [2.75, 3.05) is 5.32 Å². The molecule has 1 aromatic carbocycles. The van der Waals surface area contributed by atoms with Crippen molar-refractivity contribution in [2.24, 2.45) is 0 Å². The molecule has 0 aliphatic carbocycles. The van der Waals surface area contributed by atoms with Crippen LogP contribution < -0.4 is 5.32 Å². The summed E-state index contributed by atoms with van der Waals surface area (Å²) >= 11 is 0. The monoisotopic (exact) mass is 266 g/mol. The summed E-state index contributed by atoms with van der Waals surface area (Å²) < 4.78 is 5.21. The van der Waals surface area contributed by atoms with Gasteiger partial charge in [-0.15, -0.1) is 0 Å². The SMILES string of the molecule is Cc1nc(-c2ccc(NCc3cnccn3)cc2)co1. The van der Waals surface area contributed by atoms with E-state index in [2.05, 4.69) is 20.3 Å².